The summed E-state index contributed by atoms with van der Waals surface area (Å²) in [5.74, 6) is 1.24. The summed E-state index contributed by atoms with van der Waals surface area (Å²) in [4.78, 5) is 33.9. The number of amides is 2. The van der Waals surface area contributed by atoms with Gasteiger partial charge in [-0.05, 0) is 38.5 Å². The van der Waals surface area contributed by atoms with E-state index in [0.717, 1.165) is 44.7 Å². The molecule has 6 nitrogen and oxygen atoms in total. The molecule has 3 fully saturated rings. The lowest BCUT2D eigenvalue weighted by Crippen LogP contribution is -2.50. The third-order valence-corrected chi connectivity index (χ3v) is 6.94. The molecular weight excluding hydrogens is 342 g/mol. The summed E-state index contributed by atoms with van der Waals surface area (Å²) >= 11 is 0. The summed E-state index contributed by atoms with van der Waals surface area (Å²) in [6, 6.07) is 0. The number of piperidine rings is 1. The van der Waals surface area contributed by atoms with Crippen LogP contribution in [-0.4, -0.2) is 52.8 Å². The Hall–Kier alpha value is -1.85. The van der Waals surface area contributed by atoms with Crippen LogP contribution >= 0.6 is 0 Å². The number of oxazole rings is 1. The van der Waals surface area contributed by atoms with Gasteiger partial charge in [-0.15, -0.1) is 0 Å². The first-order valence-electron chi connectivity index (χ1n) is 10.6. The van der Waals surface area contributed by atoms with Gasteiger partial charge in [-0.25, -0.2) is 4.98 Å². The maximum Gasteiger partial charge on any atom is 0.291 e. The zero-order valence-corrected chi connectivity index (χ0v) is 16.4. The minimum absolute atomic E-state index is 0.131. The van der Waals surface area contributed by atoms with Crippen molar-refractivity contribution in [2.45, 2.75) is 64.7 Å². The van der Waals surface area contributed by atoms with Gasteiger partial charge in [0.1, 0.15) is 0 Å². The number of hydrogen-bond acceptors (Lipinski definition) is 4. The van der Waals surface area contributed by atoms with Crippen molar-refractivity contribution >= 4 is 11.8 Å². The van der Waals surface area contributed by atoms with Crippen molar-refractivity contribution in [1.82, 2.24) is 14.8 Å². The Morgan fingerprint density at radius 2 is 2.04 bits per heavy atom. The summed E-state index contributed by atoms with van der Waals surface area (Å²) in [6.45, 7) is 4.69. The number of aromatic nitrogens is 1. The smallest absolute Gasteiger partial charge is 0.291 e. The minimum Gasteiger partial charge on any atom is -0.438 e. The largest absolute Gasteiger partial charge is 0.438 e. The highest BCUT2D eigenvalue weighted by Crippen LogP contribution is 2.41. The van der Waals surface area contributed by atoms with Crippen LogP contribution in [0, 0.1) is 18.3 Å². The van der Waals surface area contributed by atoms with E-state index in [1.165, 1.54) is 38.5 Å². The predicted molar refractivity (Wildman–Crippen MR) is 101 cm³/mol. The molecule has 4 rings (SSSR count). The zero-order valence-electron chi connectivity index (χ0n) is 16.4. The Morgan fingerprint density at radius 3 is 2.78 bits per heavy atom. The van der Waals surface area contributed by atoms with Crippen LogP contribution in [-0.2, 0) is 4.79 Å². The van der Waals surface area contributed by atoms with Crippen molar-refractivity contribution in [3.63, 3.8) is 0 Å². The maximum atomic E-state index is 13.3. The van der Waals surface area contributed by atoms with Gasteiger partial charge in [-0.3, -0.25) is 9.59 Å². The lowest BCUT2D eigenvalue weighted by Gasteiger charge is -2.40. The van der Waals surface area contributed by atoms with E-state index in [4.69, 9.17) is 4.42 Å². The van der Waals surface area contributed by atoms with Crippen LogP contribution in [0.3, 0.4) is 0 Å². The second-order valence-electron chi connectivity index (χ2n) is 8.71. The molecular formula is C21H31N3O3. The molecule has 0 N–H and O–H groups in total. The molecule has 0 aromatic carbocycles. The lowest BCUT2D eigenvalue weighted by atomic mass is 9.78. The standard InChI is InChI=1S/C21H31N3O3/c1-16-18(27-15-22-16)19(25)24-13-10-21(14-24)9-5-11-23(20(21)26)12-8-17-6-3-2-4-7-17/h15,17H,2-14H2,1H3/t21-/m0/s1. The number of aryl methyl sites for hydroxylation is 1. The summed E-state index contributed by atoms with van der Waals surface area (Å²) in [7, 11) is 0. The van der Waals surface area contributed by atoms with E-state index < -0.39 is 0 Å². The number of carbonyl (C=O) groups excluding carboxylic acids is 2. The fourth-order valence-electron chi connectivity index (χ4n) is 5.25. The normalized spacial score (nSPS) is 26.9. The van der Waals surface area contributed by atoms with E-state index >= 15 is 0 Å². The monoisotopic (exact) mass is 373 g/mol. The molecule has 2 amide bonds. The SMILES string of the molecule is Cc1ncoc1C(=O)N1CC[C@@]2(CCCN(CCC3CCCCC3)C2=O)C1. The summed E-state index contributed by atoms with van der Waals surface area (Å²) in [5, 5.41) is 0. The van der Waals surface area contributed by atoms with E-state index in [2.05, 4.69) is 9.88 Å². The third kappa shape index (κ3) is 3.63. The van der Waals surface area contributed by atoms with Crippen molar-refractivity contribution < 1.29 is 14.0 Å². The molecule has 1 aliphatic carbocycles. The fourth-order valence-corrected chi connectivity index (χ4v) is 5.25. The quantitative estimate of drug-likeness (QED) is 0.811. The van der Waals surface area contributed by atoms with Crippen molar-refractivity contribution in [1.29, 1.82) is 0 Å². The molecule has 2 aliphatic heterocycles. The molecule has 1 aromatic rings. The average Bonchev–Trinajstić information content (AvgIpc) is 3.31. The molecule has 3 heterocycles. The highest BCUT2D eigenvalue weighted by atomic mass is 16.3. The third-order valence-electron chi connectivity index (χ3n) is 6.94. The van der Waals surface area contributed by atoms with Crippen LogP contribution < -0.4 is 0 Å². The second-order valence-corrected chi connectivity index (χ2v) is 8.71. The number of nitrogens with zero attached hydrogens (tertiary/aromatic N) is 3. The fraction of sp³-hybridized carbons (Fsp3) is 0.762. The van der Waals surface area contributed by atoms with Crippen molar-refractivity contribution in [3.8, 4) is 0 Å². The van der Waals surface area contributed by atoms with Crippen LogP contribution in [0.15, 0.2) is 10.8 Å². The molecule has 2 saturated heterocycles. The predicted octanol–water partition coefficient (Wildman–Crippen LogP) is 3.41. The van der Waals surface area contributed by atoms with E-state index in [1.54, 1.807) is 11.8 Å². The van der Waals surface area contributed by atoms with Crippen LogP contribution in [0.2, 0.25) is 0 Å². The number of likely N-dealkylation sites (tertiary alicyclic amines) is 2. The molecule has 0 unspecified atom stereocenters. The number of rotatable bonds is 4. The minimum atomic E-state index is -0.381. The zero-order chi connectivity index (χ0) is 18.9. The van der Waals surface area contributed by atoms with Gasteiger partial charge in [0.25, 0.3) is 5.91 Å². The first-order chi connectivity index (χ1) is 13.1. The van der Waals surface area contributed by atoms with Gasteiger partial charge in [0.2, 0.25) is 11.7 Å². The summed E-state index contributed by atoms with van der Waals surface area (Å²) in [6.07, 6.45) is 11.9. The topological polar surface area (TPSA) is 66.7 Å². The molecule has 6 heteroatoms. The Kier molecular flexibility index (Phi) is 5.24. The Balaban J connectivity index is 1.38. The van der Waals surface area contributed by atoms with Gasteiger partial charge in [0, 0.05) is 26.2 Å². The Morgan fingerprint density at radius 1 is 1.22 bits per heavy atom. The molecule has 27 heavy (non-hydrogen) atoms. The Labute approximate surface area is 161 Å². The highest BCUT2D eigenvalue weighted by Gasteiger charge is 2.49. The van der Waals surface area contributed by atoms with Crippen LogP contribution in [0.5, 0.6) is 0 Å². The molecule has 1 aromatic heterocycles. The van der Waals surface area contributed by atoms with Gasteiger partial charge in [-0.1, -0.05) is 32.1 Å². The van der Waals surface area contributed by atoms with Gasteiger partial charge in [0.15, 0.2) is 6.39 Å². The van der Waals surface area contributed by atoms with E-state index in [1.807, 2.05) is 0 Å². The Bertz CT molecular complexity index is 695. The molecule has 1 atom stereocenters. The molecule has 1 spiro atoms. The molecule has 1 saturated carbocycles. The highest BCUT2D eigenvalue weighted by molar-refractivity contribution is 5.94. The van der Waals surface area contributed by atoms with Crippen molar-refractivity contribution in [2.75, 3.05) is 26.2 Å². The number of hydrogen-bond donors (Lipinski definition) is 0. The van der Waals surface area contributed by atoms with Gasteiger partial charge in [-0.2, -0.15) is 0 Å². The number of carbonyl (C=O) groups is 2. The van der Waals surface area contributed by atoms with E-state index in [0.29, 0.717) is 24.5 Å². The maximum absolute atomic E-state index is 13.3. The van der Waals surface area contributed by atoms with Gasteiger partial charge in [0.05, 0.1) is 11.1 Å². The second kappa shape index (κ2) is 7.64. The summed E-state index contributed by atoms with van der Waals surface area (Å²) in [5.41, 5.74) is 0.235. The van der Waals surface area contributed by atoms with Crippen LogP contribution in [0.25, 0.3) is 0 Å². The summed E-state index contributed by atoms with van der Waals surface area (Å²) < 4.78 is 5.27. The van der Waals surface area contributed by atoms with Gasteiger partial charge < -0.3 is 14.2 Å². The first-order valence-corrected chi connectivity index (χ1v) is 10.6. The molecule has 148 valence electrons. The van der Waals surface area contributed by atoms with Gasteiger partial charge >= 0.3 is 0 Å². The van der Waals surface area contributed by atoms with Crippen molar-refractivity contribution in [3.05, 3.63) is 17.8 Å². The lowest BCUT2D eigenvalue weighted by molar-refractivity contribution is -0.145. The van der Waals surface area contributed by atoms with Crippen LogP contribution in [0.4, 0.5) is 0 Å². The van der Waals surface area contributed by atoms with Crippen molar-refractivity contribution in [2.24, 2.45) is 11.3 Å². The first kappa shape index (κ1) is 18.5. The average molecular weight is 373 g/mol. The van der Waals surface area contributed by atoms with E-state index in [9.17, 15) is 9.59 Å². The van der Waals surface area contributed by atoms with Crippen LogP contribution in [0.1, 0.15) is 74.0 Å². The molecule has 3 aliphatic rings. The molecule has 0 bridgehead atoms. The van der Waals surface area contributed by atoms with E-state index in [-0.39, 0.29) is 17.2 Å². The molecule has 0 radical (unpaired) electrons.